The Morgan fingerprint density at radius 1 is 1.65 bits per heavy atom. The minimum atomic E-state index is -0.371. The molecule has 2 rings (SSSR count). The van der Waals surface area contributed by atoms with E-state index in [2.05, 4.69) is 10.6 Å². The van der Waals surface area contributed by atoms with Crippen LogP contribution in [0.25, 0.3) is 0 Å². The number of halogens is 2. The van der Waals surface area contributed by atoms with Crippen LogP contribution in [-0.4, -0.2) is 31.7 Å². The van der Waals surface area contributed by atoms with Gasteiger partial charge >= 0.3 is 0 Å². The first-order valence-corrected chi connectivity index (χ1v) is 6.29. The Bertz CT molecular complexity index is 367. The Hall–Kier alpha value is -0.330. The maximum atomic E-state index is 11.7. The highest BCUT2D eigenvalue weighted by Gasteiger charge is 2.21. The largest absolute Gasteiger partial charge is 0.366 e. The van der Waals surface area contributed by atoms with E-state index >= 15 is 0 Å². The van der Waals surface area contributed by atoms with Crippen molar-refractivity contribution in [3.63, 3.8) is 0 Å². The summed E-state index contributed by atoms with van der Waals surface area (Å²) in [5.41, 5.74) is 0. The monoisotopic (exact) mass is 296 g/mol. The van der Waals surface area contributed by atoms with Gasteiger partial charge in [-0.3, -0.25) is 4.79 Å². The van der Waals surface area contributed by atoms with Crippen LogP contribution in [0.15, 0.2) is 12.1 Å². The van der Waals surface area contributed by atoms with Gasteiger partial charge in [0.05, 0.1) is 17.5 Å². The van der Waals surface area contributed by atoms with Gasteiger partial charge in [0.2, 0.25) is 0 Å². The number of hydrogen-bond acceptors (Lipinski definition) is 4. The third kappa shape index (κ3) is 4.44. The van der Waals surface area contributed by atoms with Gasteiger partial charge in [-0.1, -0.05) is 11.6 Å². The van der Waals surface area contributed by atoms with Gasteiger partial charge in [-0.05, 0) is 12.1 Å². The van der Waals surface area contributed by atoms with Crippen LogP contribution in [-0.2, 0) is 16.1 Å². The molecule has 96 valence electrons. The molecule has 4 nitrogen and oxygen atoms in total. The Morgan fingerprint density at radius 3 is 3.06 bits per heavy atom. The smallest absolute Gasteiger partial charge is 0.250 e. The highest BCUT2D eigenvalue weighted by atomic mass is 35.5. The molecule has 1 aromatic heterocycles. The van der Waals surface area contributed by atoms with Crippen molar-refractivity contribution in [2.45, 2.75) is 12.6 Å². The third-order valence-corrected chi connectivity index (χ3v) is 3.52. The first-order valence-electron chi connectivity index (χ1n) is 5.10. The fourth-order valence-corrected chi connectivity index (χ4v) is 2.50. The van der Waals surface area contributed by atoms with Crippen molar-refractivity contribution < 1.29 is 9.53 Å². The molecule has 1 saturated heterocycles. The lowest BCUT2D eigenvalue weighted by Gasteiger charge is -2.22. The Labute approximate surface area is 115 Å². The van der Waals surface area contributed by atoms with Gasteiger partial charge in [-0.2, -0.15) is 0 Å². The second-order valence-electron chi connectivity index (χ2n) is 3.49. The molecule has 0 spiro atoms. The van der Waals surface area contributed by atoms with Gasteiger partial charge in [0, 0.05) is 18.0 Å². The normalized spacial score (nSPS) is 19.5. The fourth-order valence-electron chi connectivity index (χ4n) is 1.47. The molecule has 1 atom stereocenters. The lowest BCUT2D eigenvalue weighted by atomic mass is 10.3. The maximum Gasteiger partial charge on any atom is 0.250 e. The average Bonchev–Trinajstić information content (AvgIpc) is 2.73. The van der Waals surface area contributed by atoms with E-state index in [-0.39, 0.29) is 24.4 Å². The average molecular weight is 297 g/mol. The van der Waals surface area contributed by atoms with Crippen molar-refractivity contribution in [1.82, 2.24) is 10.6 Å². The summed E-state index contributed by atoms with van der Waals surface area (Å²) in [4.78, 5) is 12.7. The molecule has 0 aliphatic carbocycles. The van der Waals surface area contributed by atoms with Crippen LogP contribution in [0.5, 0.6) is 0 Å². The van der Waals surface area contributed by atoms with Crippen LogP contribution in [0, 0.1) is 0 Å². The van der Waals surface area contributed by atoms with E-state index in [1.807, 2.05) is 12.1 Å². The second kappa shape index (κ2) is 7.18. The lowest BCUT2D eigenvalue weighted by Crippen LogP contribution is -2.47. The van der Waals surface area contributed by atoms with Crippen molar-refractivity contribution in [3.8, 4) is 0 Å². The quantitative estimate of drug-likeness (QED) is 0.887. The highest BCUT2D eigenvalue weighted by Crippen LogP contribution is 2.20. The van der Waals surface area contributed by atoms with E-state index in [0.717, 1.165) is 15.8 Å². The van der Waals surface area contributed by atoms with E-state index in [1.165, 1.54) is 11.3 Å². The molecule has 0 bridgehead atoms. The summed E-state index contributed by atoms with van der Waals surface area (Å²) in [5.74, 6) is -0.0725. The third-order valence-electron chi connectivity index (χ3n) is 2.29. The van der Waals surface area contributed by atoms with Crippen LogP contribution in [0.4, 0.5) is 0 Å². The van der Waals surface area contributed by atoms with Gasteiger partial charge < -0.3 is 15.4 Å². The van der Waals surface area contributed by atoms with E-state index in [4.69, 9.17) is 16.3 Å². The van der Waals surface area contributed by atoms with Gasteiger partial charge in [0.15, 0.2) is 0 Å². The molecule has 1 amide bonds. The Kier molecular flexibility index (Phi) is 6.22. The first-order chi connectivity index (χ1) is 7.75. The molecule has 0 saturated carbocycles. The summed E-state index contributed by atoms with van der Waals surface area (Å²) in [6.45, 7) is 2.49. The molecule has 2 heterocycles. The molecule has 7 heteroatoms. The van der Waals surface area contributed by atoms with Crippen molar-refractivity contribution >= 4 is 41.3 Å². The van der Waals surface area contributed by atoms with Gasteiger partial charge in [0.25, 0.3) is 5.91 Å². The highest BCUT2D eigenvalue weighted by molar-refractivity contribution is 7.16. The van der Waals surface area contributed by atoms with E-state index in [0.29, 0.717) is 19.7 Å². The molecule has 0 radical (unpaired) electrons. The molecule has 2 N–H and O–H groups in total. The molecule has 1 aliphatic heterocycles. The van der Waals surface area contributed by atoms with E-state index < -0.39 is 0 Å². The van der Waals surface area contributed by atoms with E-state index in [1.54, 1.807) is 0 Å². The number of rotatable bonds is 3. The maximum absolute atomic E-state index is 11.7. The van der Waals surface area contributed by atoms with E-state index in [9.17, 15) is 4.79 Å². The molecular formula is C10H14Cl2N2O2S. The van der Waals surface area contributed by atoms with Crippen LogP contribution in [0.1, 0.15) is 4.88 Å². The molecule has 1 unspecified atom stereocenters. The summed E-state index contributed by atoms with van der Waals surface area (Å²) < 4.78 is 6.07. The van der Waals surface area contributed by atoms with Gasteiger partial charge in [-0.15, -0.1) is 23.7 Å². The summed E-state index contributed by atoms with van der Waals surface area (Å²) >= 11 is 7.27. The number of ether oxygens (including phenoxy) is 1. The van der Waals surface area contributed by atoms with Crippen LogP contribution in [0.3, 0.4) is 0 Å². The predicted octanol–water partition coefficient (Wildman–Crippen LogP) is 1.43. The molecule has 1 aliphatic rings. The number of carbonyl (C=O) groups is 1. The van der Waals surface area contributed by atoms with Crippen molar-refractivity contribution in [3.05, 3.63) is 21.3 Å². The zero-order valence-electron chi connectivity index (χ0n) is 9.07. The minimum absolute atomic E-state index is 0. The molecular weight excluding hydrogens is 283 g/mol. The molecule has 1 fully saturated rings. The Morgan fingerprint density at radius 2 is 2.47 bits per heavy atom. The number of carbonyl (C=O) groups excluding carboxylic acids is 1. The number of hydrogen-bond donors (Lipinski definition) is 2. The number of morpholine rings is 1. The number of thiophene rings is 1. The molecule has 1 aromatic rings. The summed E-state index contributed by atoms with van der Waals surface area (Å²) in [6.07, 6.45) is -0.371. The van der Waals surface area contributed by atoms with Crippen LogP contribution in [0.2, 0.25) is 4.34 Å². The predicted molar refractivity (Wildman–Crippen MR) is 71.0 cm³/mol. The summed E-state index contributed by atoms with van der Waals surface area (Å²) in [5, 5.41) is 5.94. The molecule has 17 heavy (non-hydrogen) atoms. The molecule has 0 aromatic carbocycles. The van der Waals surface area contributed by atoms with Crippen molar-refractivity contribution in [1.29, 1.82) is 0 Å². The number of nitrogens with one attached hydrogen (secondary N) is 2. The topological polar surface area (TPSA) is 50.4 Å². The van der Waals surface area contributed by atoms with Crippen molar-refractivity contribution in [2.24, 2.45) is 0 Å². The van der Waals surface area contributed by atoms with Gasteiger partial charge in [0.1, 0.15) is 6.10 Å². The summed E-state index contributed by atoms with van der Waals surface area (Å²) in [7, 11) is 0. The van der Waals surface area contributed by atoms with Crippen LogP contribution >= 0.6 is 35.3 Å². The lowest BCUT2D eigenvalue weighted by molar-refractivity contribution is -0.134. The fraction of sp³-hybridized carbons (Fsp3) is 0.500. The zero-order valence-corrected chi connectivity index (χ0v) is 11.5. The zero-order chi connectivity index (χ0) is 11.4. The standard InChI is InChI=1S/C10H13ClN2O2S.ClH/c11-9-2-1-7(16-9)5-13-10(14)8-6-12-3-4-15-8;/h1-2,8,12H,3-6H2,(H,13,14);1H. The van der Waals surface area contributed by atoms with Gasteiger partial charge in [-0.25, -0.2) is 0 Å². The second-order valence-corrected chi connectivity index (χ2v) is 5.29. The summed E-state index contributed by atoms with van der Waals surface area (Å²) in [6, 6.07) is 3.74. The first kappa shape index (κ1) is 14.7. The van der Waals surface area contributed by atoms with Crippen LogP contribution < -0.4 is 10.6 Å². The van der Waals surface area contributed by atoms with Crippen molar-refractivity contribution in [2.75, 3.05) is 19.7 Å². The number of amides is 1. The Balaban J connectivity index is 0.00000144. The minimum Gasteiger partial charge on any atom is -0.366 e. The SMILES string of the molecule is Cl.O=C(NCc1ccc(Cl)s1)C1CNCCO1.